The van der Waals surface area contributed by atoms with Crippen molar-refractivity contribution >= 4 is 61.6 Å². The first-order chi connectivity index (χ1) is 12.4. The number of thioether (sulfide) groups is 1. The van der Waals surface area contributed by atoms with E-state index in [2.05, 4.69) is 4.99 Å². The lowest BCUT2D eigenvalue weighted by atomic mass is 10.2. The van der Waals surface area contributed by atoms with Crippen LogP contribution in [0, 0.1) is 0 Å². The van der Waals surface area contributed by atoms with E-state index < -0.39 is 15.9 Å². The zero-order valence-corrected chi connectivity index (χ0v) is 16.7. The predicted molar refractivity (Wildman–Crippen MR) is 104 cm³/mol. The van der Waals surface area contributed by atoms with Gasteiger partial charge in [-0.15, -0.1) is 0 Å². The van der Waals surface area contributed by atoms with Crippen molar-refractivity contribution < 1.29 is 17.9 Å². The molecule has 0 aliphatic carbocycles. The Morgan fingerprint density at radius 3 is 2.85 bits per heavy atom. The highest BCUT2D eigenvalue weighted by Crippen LogP contribution is 2.44. The highest BCUT2D eigenvalue weighted by Gasteiger charge is 2.50. The third kappa shape index (κ3) is 3.38. The monoisotopic (exact) mass is 434 g/mol. The number of hydrogen-bond donors (Lipinski definition) is 0. The molecule has 3 saturated heterocycles. The molecule has 0 N–H and O–H groups in total. The van der Waals surface area contributed by atoms with E-state index in [1.807, 2.05) is 0 Å². The Kier molecular flexibility index (Phi) is 4.98. The van der Waals surface area contributed by atoms with Crippen LogP contribution in [0.3, 0.4) is 0 Å². The summed E-state index contributed by atoms with van der Waals surface area (Å²) in [5.74, 6) is -0.277. The van der Waals surface area contributed by atoms with Crippen LogP contribution in [-0.2, 0) is 19.4 Å². The molecule has 3 aliphatic rings. The topological polar surface area (TPSA) is 76.0 Å². The van der Waals surface area contributed by atoms with Crippen LogP contribution in [0.2, 0.25) is 10.0 Å². The summed E-state index contributed by atoms with van der Waals surface area (Å²) in [5.41, 5.74) is 0.565. The molecule has 0 radical (unpaired) electrons. The van der Waals surface area contributed by atoms with E-state index in [1.165, 1.54) is 11.8 Å². The van der Waals surface area contributed by atoms with Crippen molar-refractivity contribution in [1.29, 1.82) is 0 Å². The molecule has 0 saturated carbocycles. The van der Waals surface area contributed by atoms with Crippen LogP contribution in [0.25, 0.3) is 0 Å². The second kappa shape index (κ2) is 6.98. The summed E-state index contributed by atoms with van der Waals surface area (Å²) in [7, 11) is -3.14. The van der Waals surface area contributed by atoms with E-state index in [-0.39, 0.29) is 28.7 Å². The van der Waals surface area contributed by atoms with E-state index in [9.17, 15) is 13.2 Å². The van der Waals surface area contributed by atoms with E-state index in [0.717, 1.165) is 6.42 Å². The van der Waals surface area contributed by atoms with Crippen molar-refractivity contribution in [3.63, 3.8) is 0 Å². The number of halogens is 2. The van der Waals surface area contributed by atoms with Crippen LogP contribution >= 0.6 is 35.0 Å². The van der Waals surface area contributed by atoms with E-state index in [0.29, 0.717) is 33.9 Å². The number of nitrogens with zero attached hydrogens (tertiary/aromatic N) is 2. The molecule has 1 amide bonds. The fourth-order valence-corrected chi connectivity index (χ4v) is 7.76. The molecule has 1 aromatic carbocycles. The number of carbonyl (C=O) groups is 1. The number of hydrogen-bond acceptors (Lipinski definition) is 5. The average molecular weight is 435 g/mol. The van der Waals surface area contributed by atoms with Gasteiger partial charge in [0.05, 0.1) is 33.3 Å². The van der Waals surface area contributed by atoms with Gasteiger partial charge >= 0.3 is 0 Å². The van der Waals surface area contributed by atoms with Gasteiger partial charge in [-0.1, -0.05) is 41.0 Å². The van der Waals surface area contributed by atoms with Crippen LogP contribution in [0.5, 0.6) is 0 Å². The number of amidine groups is 1. The van der Waals surface area contributed by atoms with Crippen molar-refractivity contribution in [2.75, 3.05) is 23.0 Å². The maximum absolute atomic E-state index is 12.4. The Hall–Kier alpha value is -0.800. The molecule has 0 unspecified atom stereocenters. The van der Waals surface area contributed by atoms with Gasteiger partial charge in [0.1, 0.15) is 6.10 Å². The summed E-state index contributed by atoms with van der Waals surface area (Å²) in [5, 5.41) is 0.950. The Balaban J connectivity index is 1.73. The smallest absolute Gasteiger partial charge is 0.277 e. The molecular weight excluding hydrogens is 419 g/mol. The first-order valence-corrected chi connectivity index (χ1v) is 11.7. The number of aliphatic imine (C=N–C) groups is 1. The molecule has 1 aromatic rings. The van der Waals surface area contributed by atoms with Crippen LogP contribution in [0.1, 0.15) is 12.8 Å². The highest BCUT2D eigenvalue weighted by molar-refractivity contribution is 8.16. The minimum absolute atomic E-state index is 0.000643. The number of rotatable bonds is 2. The normalized spacial score (nSPS) is 31.5. The second-order valence-corrected chi connectivity index (χ2v) is 10.6. The standard InChI is InChI=1S/C16H16Cl2N2O4S2/c17-9-3-1-4-10(14(9)18)20-11-7-26(22,23)8-13(11)25-16(20)19-15(21)12-5-2-6-24-12/h1,3-4,11-13H,2,5-8H2/t11-,12+,13+/m0/s1. The van der Waals surface area contributed by atoms with E-state index in [1.54, 1.807) is 23.1 Å². The molecule has 26 heavy (non-hydrogen) atoms. The molecule has 3 atom stereocenters. The number of amides is 1. The molecular formula is C16H16Cl2N2O4S2. The fourth-order valence-electron chi connectivity index (χ4n) is 3.46. The van der Waals surface area contributed by atoms with Gasteiger partial charge in [-0.3, -0.25) is 4.79 Å². The van der Waals surface area contributed by atoms with E-state index >= 15 is 0 Å². The van der Waals surface area contributed by atoms with Gasteiger partial charge in [-0.25, -0.2) is 8.42 Å². The van der Waals surface area contributed by atoms with Crippen LogP contribution in [0.15, 0.2) is 23.2 Å². The van der Waals surface area contributed by atoms with Gasteiger partial charge in [0.15, 0.2) is 15.0 Å². The first kappa shape index (κ1) is 18.6. The third-order valence-electron chi connectivity index (χ3n) is 4.67. The number of carbonyl (C=O) groups excluding carboxylic acids is 1. The molecule has 3 aliphatic heterocycles. The summed E-state index contributed by atoms with van der Waals surface area (Å²) in [6, 6.07) is 4.84. The minimum Gasteiger partial charge on any atom is -0.368 e. The summed E-state index contributed by atoms with van der Waals surface area (Å²) in [4.78, 5) is 18.5. The van der Waals surface area contributed by atoms with Crippen LogP contribution in [-0.4, -0.2) is 55.0 Å². The molecule has 140 valence electrons. The van der Waals surface area contributed by atoms with Gasteiger partial charge in [-0.05, 0) is 25.0 Å². The summed E-state index contributed by atoms with van der Waals surface area (Å²) >= 11 is 13.8. The molecule has 0 aromatic heterocycles. The molecule has 3 fully saturated rings. The quantitative estimate of drug-likeness (QED) is 0.711. The number of anilines is 1. The highest BCUT2D eigenvalue weighted by atomic mass is 35.5. The maximum atomic E-state index is 12.4. The number of fused-ring (bicyclic) bond motifs is 1. The van der Waals surface area contributed by atoms with Crippen molar-refractivity contribution in [3.8, 4) is 0 Å². The van der Waals surface area contributed by atoms with Gasteiger partial charge in [-0.2, -0.15) is 4.99 Å². The molecule has 0 spiro atoms. The third-order valence-corrected chi connectivity index (χ3v) is 8.69. The maximum Gasteiger partial charge on any atom is 0.277 e. The first-order valence-electron chi connectivity index (χ1n) is 8.20. The number of sulfone groups is 1. The molecule has 6 nitrogen and oxygen atoms in total. The summed E-state index contributed by atoms with van der Waals surface area (Å²) < 4.78 is 29.6. The average Bonchev–Trinajstić information content (AvgIpc) is 3.25. The predicted octanol–water partition coefficient (Wildman–Crippen LogP) is 2.77. The Labute approximate surface area is 165 Å². The molecule has 4 rings (SSSR count). The van der Waals surface area contributed by atoms with Gasteiger partial charge in [0.25, 0.3) is 5.91 Å². The summed E-state index contributed by atoms with van der Waals surface area (Å²) in [6.07, 6.45) is 0.963. The number of benzene rings is 1. The second-order valence-electron chi connectivity index (χ2n) is 6.48. The van der Waals surface area contributed by atoms with Crippen molar-refractivity contribution in [2.45, 2.75) is 30.2 Å². The molecule has 0 bridgehead atoms. The van der Waals surface area contributed by atoms with Crippen LogP contribution in [0.4, 0.5) is 5.69 Å². The largest absolute Gasteiger partial charge is 0.368 e. The van der Waals surface area contributed by atoms with Crippen LogP contribution < -0.4 is 4.90 Å². The molecule has 10 heteroatoms. The lowest BCUT2D eigenvalue weighted by Gasteiger charge is -2.26. The Morgan fingerprint density at radius 1 is 1.31 bits per heavy atom. The van der Waals surface area contributed by atoms with Crippen molar-refractivity contribution in [3.05, 3.63) is 28.2 Å². The Bertz CT molecular complexity index is 884. The molecule has 3 heterocycles. The van der Waals surface area contributed by atoms with Gasteiger partial charge in [0, 0.05) is 11.9 Å². The lowest BCUT2D eigenvalue weighted by Crippen LogP contribution is -2.38. The zero-order chi connectivity index (χ0) is 18.5. The summed E-state index contributed by atoms with van der Waals surface area (Å²) in [6.45, 7) is 0.557. The fraction of sp³-hybridized carbons (Fsp3) is 0.500. The number of ether oxygens (including phenoxy) is 1. The lowest BCUT2D eigenvalue weighted by molar-refractivity contribution is -0.126. The van der Waals surface area contributed by atoms with Gasteiger partial charge < -0.3 is 9.64 Å². The van der Waals surface area contributed by atoms with Crippen molar-refractivity contribution in [1.82, 2.24) is 0 Å². The zero-order valence-electron chi connectivity index (χ0n) is 13.6. The SMILES string of the molecule is O=C(N=C1S[C@@H]2CS(=O)(=O)C[C@@H]2N1c1cccc(Cl)c1Cl)[C@H]1CCCO1. The van der Waals surface area contributed by atoms with E-state index in [4.69, 9.17) is 27.9 Å². The van der Waals surface area contributed by atoms with Crippen molar-refractivity contribution in [2.24, 2.45) is 4.99 Å². The minimum atomic E-state index is -3.14. The Morgan fingerprint density at radius 2 is 2.12 bits per heavy atom. The van der Waals surface area contributed by atoms with Gasteiger partial charge in [0.2, 0.25) is 0 Å².